The van der Waals surface area contributed by atoms with Crippen molar-refractivity contribution >= 4 is 17.5 Å². The number of phenols is 1. The molecule has 0 aromatic heterocycles. The van der Waals surface area contributed by atoms with Crippen LogP contribution in [0.5, 0.6) is 11.5 Å². The maximum atomic E-state index is 12.1. The molecule has 0 heterocycles. The number of ether oxygens (including phenoxy) is 1. The number of benzene rings is 1. The van der Waals surface area contributed by atoms with Crippen LogP contribution in [0.2, 0.25) is 0 Å². The summed E-state index contributed by atoms with van der Waals surface area (Å²) in [5.41, 5.74) is 0.140. The maximum Gasteiger partial charge on any atom is 0.255 e. The zero-order chi connectivity index (χ0) is 15.2. The molecule has 4 nitrogen and oxygen atoms in total. The first-order valence-electron chi connectivity index (χ1n) is 6.73. The van der Waals surface area contributed by atoms with Crippen LogP contribution >= 0.6 is 11.6 Å². The van der Waals surface area contributed by atoms with Crippen LogP contribution in [0, 0.1) is 5.41 Å². The Morgan fingerprint density at radius 1 is 1.40 bits per heavy atom. The lowest BCUT2D eigenvalue weighted by Gasteiger charge is -2.29. The number of aromatic hydroxyl groups is 1. The van der Waals surface area contributed by atoms with Gasteiger partial charge in [-0.15, -0.1) is 11.6 Å². The van der Waals surface area contributed by atoms with Crippen LogP contribution in [0.1, 0.15) is 37.0 Å². The average molecular weight is 300 g/mol. The summed E-state index contributed by atoms with van der Waals surface area (Å²) in [6.07, 6.45) is 1.78. The lowest BCUT2D eigenvalue weighted by atomic mass is 9.84. The lowest BCUT2D eigenvalue weighted by Crippen LogP contribution is -2.38. The molecule has 20 heavy (non-hydrogen) atoms. The van der Waals surface area contributed by atoms with Crippen molar-refractivity contribution in [3.05, 3.63) is 23.8 Å². The molecule has 0 atom stereocenters. The molecule has 0 aliphatic heterocycles. The number of halogens is 1. The van der Waals surface area contributed by atoms with Crippen LogP contribution in [0.4, 0.5) is 0 Å². The Morgan fingerprint density at radius 3 is 2.50 bits per heavy atom. The smallest absolute Gasteiger partial charge is 0.255 e. The molecule has 0 radical (unpaired) electrons. The summed E-state index contributed by atoms with van der Waals surface area (Å²) in [4.78, 5) is 12.1. The molecule has 0 fully saturated rings. The molecule has 2 N–H and O–H groups in total. The first kappa shape index (κ1) is 16.6. The topological polar surface area (TPSA) is 58.6 Å². The fourth-order valence-corrected chi connectivity index (χ4v) is 2.40. The first-order chi connectivity index (χ1) is 9.51. The van der Waals surface area contributed by atoms with Gasteiger partial charge in [-0.1, -0.05) is 13.8 Å². The number of hydrogen-bond acceptors (Lipinski definition) is 3. The van der Waals surface area contributed by atoms with E-state index in [4.69, 9.17) is 16.3 Å². The van der Waals surface area contributed by atoms with Crippen molar-refractivity contribution in [2.75, 3.05) is 19.5 Å². The SMILES string of the molecule is CCC(CC)(CCl)CNC(=O)c1ccc(OC)cc1O. The second-order valence-electron chi connectivity index (χ2n) is 4.91. The Bertz CT molecular complexity index is 450. The molecule has 1 aromatic carbocycles. The van der Waals surface area contributed by atoms with Gasteiger partial charge in [0.2, 0.25) is 0 Å². The molecular formula is C15H22ClNO3. The van der Waals surface area contributed by atoms with E-state index in [0.717, 1.165) is 12.8 Å². The van der Waals surface area contributed by atoms with Crippen molar-refractivity contribution in [2.24, 2.45) is 5.41 Å². The Morgan fingerprint density at radius 2 is 2.05 bits per heavy atom. The summed E-state index contributed by atoms with van der Waals surface area (Å²) in [5, 5.41) is 12.7. The monoisotopic (exact) mass is 299 g/mol. The van der Waals surface area contributed by atoms with Crippen molar-refractivity contribution in [3.63, 3.8) is 0 Å². The van der Waals surface area contributed by atoms with Crippen LogP contribution < -0.4 is 10.1 Å². The second-order valence-corrected chi connectivity index (χ2v) is 5.17. The third kappa shape index (κ3) is 3.79. The van der Waals surface area contributed by atoms with Gasteiger partial charge in [0.15, 0.2) is 0 Å². The third-order valence-electron chi connectivity index (χ3n) is 3.86. The lowest BCUT2D eigenvalue weighted by molar-refractivity contribution is 0.0929. The van der Waals surface area contributed by atoms with E-state index in [1.165, 1.54) is 13.2 Å². The number of methoxy groups -OCH3 is 1. The largest absolute Gasteiger partial charge is 0.507 e. The van der Waals surface area contributed by atoms with Crippen molar-refractivity contribution in [2.45, 2.75) is 26.7 Å². The quantitative estimate of drug-likeness (QED) is 0.760. The van der Waals surface area contributed by atoms with Crippen molar-refractivity contribution in [3.8, 4) is 11.5 Å². The fraction of sp³-hybridized carbons (Fsp3) is 0.533. The van der Waals surface area contributed by atoms with Gasteiger partial charge in [0, 0.05) is 23.9 Å². The maximum absolute atomic E-state index is 12.1. The summed E-state index contributed by atoms with van der Waals surface area (Å²) in [6.45, 7) is 4.61. The predicted octanol–water partition coefficient (Wildman–Crippen LogP) is 3.18. The van der Waals surface area contributed by atoms with Crippen LogP contribution in [0.15, 0.2) is 18.2 Å². The zero-order valence-electron chi connectivity index (χ0n) is 12.2. The van der Waals surface area contributed by atoms with Gasteiger partial charge in [-0.2, -0.15) is 0 Å². The third-order valence-corrected chi connectivity index (χ3v) is 4.42. The standard InChI is InChI=1S/C15H22ClNO3/c1-4-15(5-2,9-16)10-17-14(19)12-7-6-11(20-3)8-13(12)18/h6-8,18H,4-5,9-10H2,1-3H3,(H,17,19). The van der Waals surface area contributed by atoms with Gasteiger partial charge in [0.1, 0.15) is 11.5 Å². The Hall–Kier alpha value is -1.42. The second kappa shape index (κ2) is 7.39. The summed E-state index contributed by atoms with van der Waals surface area (Å²) < 4.78 is 4.99. The number of carbonyl (C=O) groups is 1. The normalized spacial score (nSPS) is 11.2. The van der Waals surface area contributed by atoms with Crippen LogP contribution in [0.3, 0.4) is 0 Å². The molecular weight excluding hydrogens is 278 g/mol. The van der Waals surface area contributed by atoms with Crippen molar-refractivity contribution < 1.29 is 14.6 Å². The summed E-state index contributed by atoms with van der Waals surface area (Å²) in [6, 6.07) is 4.61. The van der Waals surface area contributed by atoms with Crippen LogP contribution in [-0.4, -0.2) is 30.5 Å². The molecule has 0 spiro atoms. The zero-order valence-corrected chi connectivity index (χ0v) is 13.0. The molecule has 0 saturated heterocycles. The van der Waals surface area contributed by atoms with E-state index in [0.29, 0.717) is 18.2 Å². The van der Waals surface area contributed by atoms with Gasteiger partial charge in [-0.05, 0) is 25.0 Å². The molecule has 0 aliphatic carbocycles. The van der Waals surface area contributed by atoms with Gasteiger partial charge < -0.3 is 15.2 Å². The first-order valence-corrected chi connectivity index (χ1v) is 7.26. The summed E-state index contributed by atoms with van der Waals surface area (Å²) in [7, 11) is 1.51. The highest BCUT2D eigenvalue weighted by Crippen LogP contribution is 2.28. The minimum absolute atomic E-state index is 0.0914. The Balaban J connectivity index is 2.77. The number of nitrogens with one attached hydrogen (secondary N) is 1. The fourth-order valence-electron chi connectivity index (χ4n) is 1.93. The highest BCUT2D eigenvalue weighted by Gasteiger charge is 2.26. The van der Waals surface area contributed by atoms with Gasteiger partial charge in [0.25, 0.3) is 5.91 Å². The summed E-state index contributed by atoms with van der Waals surface area (Å²) >= 11 is 6.01. The number of hydrogen-bond donors (Lipinski definition) is 2. The molecule has 112 valence electrons. The van der Waals surface area contributed by atoms with E-state index in [2.05, 4.69) is 19.2 Å². The van der Waals surface area contributed by atoms with E-state index in [1.807, 2.05) is 0 Å². The molecule has 1 aromatic rings. The molecule has 0 unspecified atom stereocenters. The van der Waals surface area contributed by atoms with Crippen LogP contribution in [0.25, 0.3) is 0 Å². The average Bonchev–Trinajstić information content (AvgIpc) is 2.48. The highest BCUT2D eigenvalue weighted by atomic mass is 35.5. The minimum atomic E-state index is -0.304. The van der Waals surface area contributed by atoms with Gasteiger partial charge in [0.05, 0.1) is 12.7 Å². The van der Waals surface area contributed by atoms with Gasteiger partial charge >= 0.3 is 0 Å². The van der Waals surface area contributed by atoms with E-state index < -0.39 is 0 Å². The Kier molecular flexibility index (Phi) is 6.14. The minimum Gasteiger partial charge on any atom is -0.507 e. The van der Waals surface area contributed by atoms with Crippen LogP contribution in [-0.2, 0) is 0 Å². The molecule has 0 saturated carbocycles. The number of phenolic OH excluding ortho intramolecular Hbond substituents is 1. The van der Waals surface area contributed by atoms with E-state index >= 15 is 0 Å². The predicted molar refractivity (Wildman–Crippen MR) is 80.7 cm³/mol. The number of rotatable bonds is 7. The number of alkyl halides is 1. The van der Waals surface area contributed by atoms with E-state index in [-0.39, 0.29) is 22.6 Å². The molecule has 5 heteroatoms. The highest BCUT2D eigenvalue weighted by molar-refractivity contribution is 6.18. The number of amides is 1. The van der Waals surface area contributed by atoms with E-state index in [9.17, 15) is 9.90 Å². The van der Waals surface area contributed by atoms with Crippen molar-refractivity contribution in [1.82, 2.24) is 5.32 Å². The summed E-state index contributed by atoms with van der Waals surface area (Å²) in [5.74, 6) is 0.610. The number of carbonyl (C=O) groups excluding carboxylic acids is 1. The van der Waals surface area contributed by atoms with Gasteiger partial charge in [-0.3, -0.25) is 4.79 Å². The van der Waals surface area contributed by atoms with E-state index in [1.54, 1.807) is 12.1 Å². The molecule has 0 bridgehead atoms. The molecule has 1 amide bonds. The van der Waals surface area contributed by atoms with Gasteiger partial charge in [-0.25, -0.2) is 0 Å². The molecule has 1 rings (SSSR count). The molecule has 0 aliphatic rings. The van der Waals surface area contributed by atoms with Crippen molar-refractivity contribution in [1.29, 1.82) is 0 Å². The Labute approximate surface area is 125 Å².